The largest absolute Gasteiger partial charge is 0.483 e. The van der Waals surface area contributed by atoms with E-state index in [4.69, 9.17) is 9.47 Å². The van der Waals surface area contributed by atoms with E-state index in [0.29, 0.717) is 34.8 Å². The molecular weight excluding hydrogens is 586 g/mol. The number of carbonyl (C=O) groups excluding carboxylic acids is 1. The molecule has 5 rings (SSSR count). The van der Waals surface area contributed by atoms with Crippen LogP contribution >= 0.6 is 0 Å². The number of anilines is 3. The van der Waals surface area contributed by atoms with E-state index in [2.05, 4.69) is 44.0 Å². The third-order valence-corrected chi connectivity index (χ3v) is 7.96. The van der Waals surface area contributed by atoms with Gasteiger partial charge in [-0.05, 0) is 51.2 Å². The van der Waals surface area contributed by atoms with Gasteiger partial charge in [0.25, 0.3) is 5.91 Å². The number of pyridine rings is 1. The van der Waals surface area contributed by atoms with Crippen LogP contribution in [0, 0.1) is 11.3 Å². The fraction of sp³-hybridized carbons (Fsp3) is 0.452. The third-order valence-electron chi connectivity index (χ3n) is 7.96. The predicted molar refractivity (Wildman–Crippen MR) is 163 cm³/mol. The van der Waals surface area contributed by atoms with Crippen molar-refractivity contribution in [1.82, 2.24) is 24.8 Å². The number of aliphatic hydroxyl groups is 1. The highest BCUT2D eigenvalue weighted by molar-refractivity contribution is 5.80. The standard InChI is InChI=1S/C31H36F2N8O4/c1-19-16-39(3)11-12-41(19)24-6-8-27(38-29(24)44-4)37-28-14-23(35-18-36-28)21-5-7-25(22(13-21)15-34)45-26-9-10-40(17-31(26,32)33)30(43)20(2)42/h5-8,13-14,18-20,26,42H,9-12,16-17H2,1-4H3,(H,35,36,37,38)/t19-,20-,26?/m1/s1. The van der Waals surface area contributed by atoms with Crippen LogP contribution in [0.2, 0.25) is 0 Å². The lowest BCUT2D eigenvalue weighted by Crippen LogP contribution is -2.56. The number of amides is 1. The van der Waals surface area contributed by atoms with Crippen molar-refractivity contribution >= 4 is 23.2 Å². The second kappa shape index (κ2) is 13.2. The van der Waals surface area contributed by atoms with Gasteiger partial charge in [0.15, 0.2) is 6.10 Å². The molecule has 0 radical (unpaired) electrons. The van der Waals surface area contributed by atoms with Crippen LogP contribution in [-0.2, 0) is 4.79 Å². The summed E-state index contributed by atoms with van der Waals surface area (Å²) in [7, 11) is 3.69. The number of nitrogens with zero attached hydrogens (tertiary/aromatic N) is 7. The number of aliphatic hydroxyl groups excluding tert-OH is 1. The predicted octanol–water partition coefficient (Wildman–Crippen LogP) is 3.30. The maximum atomic E-state index is 14.9. The van der Waals surface area contributed by atoms with Gasteiger partial charge < -0.3 is 34.6 Å². The molecule has 4 heterocycles. The minimum absolute atomic E-state index is 0.000291. The molecule has 0 saturated carbocycles. The van der Waals surface area contributed by atoms with Crippen molar-refractivity contribution in [1.29, 1.82) is 5.26 Å². The minimum Gasteiger partial charge on any atom is -0.483 e. The van der Waals surface area contributed by atoms with Crippen molar-refractivity contribution in [3.63, 3.8) is 0 Å². The number of piperazine rings is 1. The summed E-state index contributed by atoms with van der Waals surface area (Å²) < 4.78 is 41.0. The Bertz CT molecular complexity index is 1580. The number of rotatable bonds is 8. The van der Waals surface area contributed by atoms with Gasteiger partial charge in [-0.15, -0.1) is 0 Å². The Labute approximate surface area is 260 Å². The van der Waals surface area contributed by atoms with Crippen LogP contribution in [0.15, 0.2) is 42.7 Å². The van der Waals surface area contributed by atoms with Crippen molar-refractivity contribution in [3.05, 3.63) is 48.3 Å². The Morgan fingerprint density at radius 1 is 1.18 bits per heavy atom. The van der Waals surface area contributed by atoms with Gasteiger partial charge in [-0.25, -0.2) is 18.7 Å². The maximum Gasteiger partial charge on any atom is 0.301 e. The molecule has 0 aliphatic carbocycles. The highest BCUT2D eigenvalue weighted by Gasteiger charge is 2.48. The van der Waals surface area contributed by atoms with E-state index in [1.54, 1.807) is 19.2 Å². The number of hydrogen-bond donors (Lipinski definition) is 2. The summed E-state index contributed by atoms with van der Waals surface area (Å²) in [5.41, 5.74) is 2.01. The van der Waals surface area contributed by atoms with Crippen molar-refractivity contribution in [2.45, 2.75) is 44.4 Å². The highest BCUT2D eigenvalue weighted by Crippen LogP contribution is 2.35. The molecule has 45 heavy (non-hydrogen) atoms. The summed E-state index contributed by atoms with van der Waals surface area (Å²) in [4.78, 5) is 30.8. The number of likely N-dealkylation sites (N-methyl/N-ethyl adjacent to an activating group) is 1. The molecule has 2 fully saturated rings. The number of nitrogens with one attached hydrogen (secondary N) is 1. The second-order valence-electron chi connectivity index (χ2n) is 11.4. The lowest BCUT2D eigenvalue weighted by atomic mass is 10.0. The van der Waals surface area contributed by atoms with Crippen molar-refractivity contribution in [2.75, 3.05) is 57.1 Å². The summed E-state index contributed by atoms with van der Waals surface area (Å²) in [6.07, 6.45) is -1.70. The lowest BCUT2D eigenvalue weighted by molar-refractivity contribution is -0.165. The van der Waals surface area contributed by atoms with Crippen molar-refractivity contribution in [3.8, 4) is 29.0 Å². The van der Waals surface area contributed by atoms with Gasteiger partial charge in [0.05, 0.1) is 24.9 Å². The summed E-state index contributed by atoms with van der Waals surface area (Å²) in [6.45, 7) is 5.26. The Hall–Kier alpha value is -4.61. The smallest absolute Gasteiger partial charge is 0.301 e. The summed E-state index contributed by atoms with van der Waals surface area (Å²) >= 11 is 0. The molecule has 1 aromatic carbocycles. The number of likely N-dealkylation sites (tertiary alicyclic amines) is 1. The van der Waals surface area contributed by atoms with E-state index in [0.717, 1.165) is 30.2 Å². The SMILES string of the molecule is COc1nc(Nc2cc(-c3ccc(OC4CCN(C(=O)[C@@H](C)O)CC4(F)F)c(C#N)c3)ncn2)ccc1N1CCN(C)C[C@H]1C. The molecule has 2 N–H and O–H groups in total. The van der Waals surface area contributed by atoms with Crippen LogP contribution in [0.4, 0.5) is 26.1 Å². The fourth-order valence-corrected chi connectivity index (χ4v) is 5.63. The number of alkyl halides is 2. The Kier molecular flexibility index (Phi) is 9.31. The van der Waals surface area contributed by atoms with Crippen LogP contribution in [0.5, 0.6) is 11.6 Å². The molecule has 3 atom stereocenters. The summed E-state index contributed by atoms with van der Waals surface area (Å²) in [5.74, 6) is -2.68. The zero-order chi connectivity index (χ0) is 32.3. The first-order valence-corrected chi connectivity index (χ1v) is 14.6. The van der Waals surface area contributed by atoms with Gasteiger partial charge in [0.1, 0.15) is 41.6 Å². The fourth-order valence-electron chi connectivity index (χ4n) is 5.63. The number of nitriles is 1. The van der Waals surface area contributed by atoms with E-state index in [9.17, 15) is 23.9 Å². The maximum absolute atomic E-state index is 14.9. The van der Waals surface area contributed by atoms with Crippen molar-refractivity contribution < 1.29 is 28.2 Å². The van der Waals surface area contributed by atoms with Crippen LogP contribution in [-0.4, -0.2) is 107 Å². The number of halogens is 2. The molecule has 2 saturated heterocycles. The van der Waals surface area contributed by atoms with Gasteiger partial charge in [0.2, 0.25) is 5.88 Å². The molecule has 3 aromatic rings. The lowest BCUT2D eigenvalue weighted by Gasteiger charge is -2.40. The molecule has 14 heteroatoms. The van der Waals surface area contributed by atoms with E-state index in [-0.39, 0.29) is 24.3 Å². The molecule has 1 amide bonds. The average Bonchev–Trinajstić information content (AvgIpc) is 3.02. The molecular formula is C31H36F2N8O4. The number of methoxy groups -OCH3 is 1. The number of aromatic nitrogens is 3. The van der Waals surface area contributed by atoms with Crippen LogP contribution < -0.4 is 19.7 Å². The molecule has 0 bridgehead atoms. The van der Waals surface area contributed by atoms with Crippen LogP contribution in [0.1, 0.15) is 25.8 Å². The molecule has 0 spiro atoms. The number of ether oxygens (including phenoxy) is 2. The van der Waals surface area contributed by atoms with Gasteiger partial charge in [0, 0.05) is 50.3 Å². The molecule has 238 valence electrons. The Morgan fingerprint density at radius 3 is 2.67 bits per heavy atom. The molecule has 12 nitrogen and oxygen atoms in total. The summed E-state index contributed by atoms with van der Waals surface area (Å²) in [6, 6.07) is 12.4. The highest BCUT2D eigenvalue weighted by atomic mass is 19.3. The van der Waals surface area contributed by atoms with Crippen molar-refractivity contribution in [2.24, 2.45) is 0 Å². The first-order valence-electron chi connectivity index (χ1n) is 14.6. The topological polar surface area (TPSA) is 140 Å². The van der Waals surface area contributed by atoms with Gasteiger partial charge in [-0.1, -0.05) is 0 Å². The summed E-state index contributed by atoms with van der Waals surface area (Å²) in [5, 5.41) is 22.5. The first kappa shape index (κ1) is 31.8. The minimum atomic E-state index is -3.38. The molecule has 1 unspecified atom stereocenters. The second-order valence-corrected chi connectivity index (χ2v) is 11.4. The molecule has 2 aromatic heterocycles. The first-order chi connectivity index (χ1) is 21.5. The Morgan fingerprint density at radius 2 is 1.98 bits per heavy atom. The monoisotopic (exact) mass is 622 g/mol. The van der Waals surface area contributed by atoms with E-state index < -0.39 is 30.6 Å². The molecule has 2 aliphatic heterocycles. The van der Waals surface area contributed by atoms with E-state index in [1.165, 1.54) is 25.4 Å². The average molecular weight is 623 g/mol. The van der Waals surface area contributed by atoms with Crippen LogP contribution in [0.25, 0.3) is 11.3 Å². The van der Waals surface area contributed by atoms with Gasteiger partial charge in [-0.3, -0.25) is 4.79 Å². The molecule has 2 aliphatic rings. The van der Waals surface area contributed by atoms with E-state index >= 15 is 0 Å². The number of hydrogen-bond acceptors (Lipinski definition) is 11. The Balaban J connectivity index is 1.30. The van der Waals surface area contributed by atoms with Gasteiger partial charge >= 0.3 is 5.92 Å². The zero-order valence-corrected chi connectivity index (χ0v) is 25.6. The van der Waals surface area contributed by atoms with E-state index in [1.807, 2.05) is 18.2 Å². The van der Waals surface area contributed by atoms with Gasteiger partial charge in [-0.2, -0.15) is 10.2 Å². The number of piperidine rings is 1. The third kappa shape index (κ3) is 7.05. The number of benzene rings is 1. The normalized spacial score (nSPS) is 20.7. The number of carbonyl (C=O) groups is 1. The zero-order valence-electron chi connectivity index (χ0n) is 25.6. The quantitative estimate of drug-likeness (QED) is 0.383. The van der Waals surface area contributed by atoms with Crippen LogP contribution in [0.3, 0.4) is 0 Å².